The van der Waals surface area contributed by atoms with E-state index in [2.05, 4.69) is 32.1 Å². The predicted molar refractivity (Wildman–Crippen MR) is 120 cm³/mol. The minimum Gasteiger partial charge on any atom is -0.471 e. The lowest BCUT2D eigenvalue weighted by Crippen LogP contribution is -2.51. The van der Waals surface area contributed by atoms with Crippen LogP contribution in [0.1, 0.15) is 35.9 Å². The van der Waals surface area contributed by atoms with E-state index in [1.807, 2.05) is 48.2 Å². The van der Waals surface area contributed by atoms with Crippen LogP contribution in [-0.4, -0.2) is 58.9 Å². The van der Waals surface area contributed by atoms with Crippen molar-refractivity contribution in [1.82, 2.24) is 34.8 Å². The molecule has 1 aliphatic heterocycles. The Morgan fingerprint density at radius 2 is 1.82 bits per heavy atom. The first kappa shape index (κ1) is 19.8. The van der Waals surface area contributed by atoms with Crippen LogP contribution in [0.3, 0.4) is 0 Å². The zero-order valence-electron chi connectivity index (χ0n) is 18.4. The highest BCUT2D eigenvalue weighted by Gasteiger charge is 2.53. The molecule has 1 aromatic carbocycles. The summed E-state index contributed by atoms with van der Waals surface area (Å²) >= 11 is 0. The third-order valence-corrected chi connectivity index (χ3v) is 6.77. The van der Waals surface area contributed by atoms with Crippen LogP contribution in [0.5, 0.6) is 5.88 Å². The van der Waals surface area contributed by atoms with E-state index in [0.717, 1.165) is 29.6 Å². The number of rotatable bonds is 4. The summed E-state index contributed by atoms with van der Waals surface area (Å²) in [6.45, 7) is 3.98. The van der Waals surface area contributed by atoms with Crippen LogP contribution in [0.15, 0.2) is 55.0 Å². The summed E-state index contributed by atoms with van der Waals surface area (Å²) in [4.78, 5) is 30.8. The van der Waals surface area contributed by atoms with Crippen molar-refractivity contribution in [1.29, 1.82) is 0 Å². The summed E-state index contributed by atoms with van der Waals surface area (Å²) in [5.74, 6) is 0.735. The highest BCUT2D eigenvalue weighted by atomic mass is 16.5. The van der Waals surface area contributed by atoms with Gasteiger partial charge in [-0.1, -0.05) is 12.1 Å². The Labute approximate surface area is 190 Å². The summed E-state index contributed by atoms with van der Waals surface area (Å²) in [7, 11) is 0. The molecule has 9 nitrogen and oxygen atoms in total. The first-order valence-electron chi connectivity index (χ1n) is 11.1. The highest BCUT2D eigenvalue weighted by Crippen LogP contribution is 2.44. The van der Waals surface area contributed by atoms with Crippen LogP contribution >= 0.6 is 0 Å². The van der Waals surface area contributed by atoms with E-state index in [-0.39, 0.29) is 24.1 Å². The monoisotopic (exact) mass is 441 g/mol. The molecule has 2 fully saturated rings. The molecular weight excluding hydrogens is 418 g/mol. The number of hydrogen-bond acceptors (Lipinski definition) is 7. The number of pyridine rings is 1. The van der Waals surface area contributed by atoms with Crippen molar-refractivity contribution in [2.24, 2.45) is 5.92 Å². The fourth-order valence-corrected chi connectivity index (χ4v) is 5.17. The van der Waals surface area contributed by atoms with E-state index < -0.39 is 0 Å². The maximum Gasteiger partial charge on any atom is 0.275 e. The molecule has 1 saturated carbocycles. The maximum absolute atomic E-state index is 13.8. The van der Waals surface area contributed by atoms with E-state index >= 15 is 0 Å². The van der Waals surface area contributed by atoms with Gasteiger partial charge < -0.3 is 9.64 Å². The van der Waals surface area contributed by atoms with Gasteiger partial charge in [0.1, 0.15) is 11.8 Å². The fourth-order valence-electron chi connectivity index (χ4n) is 5.17. The van der Waals surface area contributed by atoms with E-state index in [1.165, 1.54) is 4.80 Å². The third-order valence-electron chi connectivity index (χ3n) is 6.77. The van der Waals surface area contributed by atoms with Gasteiger partial charge in [-0.15, -0.1) is 4.80 Å². The Morgan fingerprint density at radius 1 is 1.03 bits per heavy atom. The summed E-state index contributed by atoms with van der Waals surface area (Å²) in [5.41, 5.74) is 3.32. The number of para-hydroxylation sites is 2. The number of fused-ring (bicyclic) bond motifs is 3. The fraction of sp³-hybridized carbons (Fsp3) is 0.333. The number of amides is 1. The average Bonchev–Trinajstić information content (AvgIpc) is 3.56. The Balaban J connectivity index is 1.30. The van der Waals surface area contributed by atoms with Gasteiger partial charge in [-0.05, 0) is 56.9 Å². The van der Waals surface area contributed by atoms with Crippen LogP contribution in [-0.2, 0) is 0 Å². The Hall–Kier alpha value is -3.88. The second kappa shape index (κ2) is 7.61. The number of ether oxygens (including phenoxy) is 1. The minimum atomic E-state index is -0.137. The van der Waals surface area contributed by atoms with Gasteiger partial charge in [-0.2, -0.15) is 10.2 Å². The zero-order chi connectivity index (χ0) is 22.5. The van der Waals surface area contributed by atoms with Crippen LogP contribution < -0.4 is 4.74 Å². The van der Waals surface area contributed by atoms with Crippen molar-refractivity contribution in [3.05, 3.63) is 66.4 Å². The molecule has 2 bridgehead atoms. The smallest absolute Gasteiger partial charge is 0.275 e. The zero-order valence-corrected chi connectivity index (χ0v) is 18.4. The Bertz CT molecular complexity index is 1340. The number of carbonyl (C=O) groups excluding carboxylic acids is 1. The molecule has 4 heterocycles. The number of aromatic nitrogens is 6. The van der Waals surface area contributed by atoms with Crippen molar-refractivity contribution < 1.29 is 9.53 Å². The number of carbonyl (C=O) groups is 1. The molecule has 4 atom stereocenters. The van der Waals surface area contributed by atoms with Crippen LogP contribution in [0.25, 0.3) is 16.7 Å². The molecule has 0 N–H and O–H groups in total. The molecule has 6 rings (SSSR count). The number of benzene rings is 1. The molecule has 1 saturated heterocycles. The lowest BCUT2D eigenvalue weighted by Gasteiger charge is -2.37. The Kier molecular flexibility index (Phi) is 4.56. The topological polar surface area (TPSA) is 98.9 Å². The first-order chi connectivity index (χ1) is 16.1. The van der Waals surface area contributed by atoms with Gasteiger partial charge in [-0.3, -0.25) is 4.79 Å². The highest BCUT2D eigenvalue weighted by molar-refractivity contribution is 5.96. The third kappa shape index (κ3) is 3.31. The summed E-state index contributed by atoms with van der Waals surface area (Å²) < 4.78 is 6.29. The van der Waals surface area contributed by atoms with Crippen molar-refractivity contribution in [2.75, 3.05) is 0 Å². The molecule has 0 radical (unpaired) electrons. The van der Waals surface area contributed by atoms with E-state index in [1.54, 1.807) is 18.6 Å². The van der Waals surface area contributed by atoms with Gasteiger partial charge in [0.25, 0.3) is 5.91 Å². The minimum absolute atomic E-state index is 0.0495. The van der Waals surface area contributed by atoms with Crippen molar-refractivity contribution in [3.63, 3.8) is 0 Å². The quantitative estimate of drug-likeness (QED) is 0.480. The number of nitrogens with zero attached hydrogens (tertiary/aromatic N) is 7. The van der Waals surface area contributed by atoms with E-state index in [0.29, 0.717) is 23.2 Å². The first-order valence-corrected chi connectivity index (χ1v) is 11.1. The molecule has 9 heteroatoms. The van der Waals surface area contributed by atoms with Crippen LogP contribution in [0.4, 0.5) is 0 Å². The molecule has 0 unspecified atom stereocenters. The van der Waals surface area contributed by atoms with Crippen LogP contribution in [0.2, 0.25) is 0 Å². The number of piperidine rings is 1. The molecule has 0 spiro atoms. The molecule has 1 amide bonds. The van der Waals surface area contributed by atoms with Crippen molar-refractivity contribution in [3.8, 4) is 11.6 Å². The molecular formula is C24H23N7O2. The molecule has 1 aliphatic carbocycles. The van der Waals surface area contributed by atoms with Gasteiger partial charge in [0.2, 0.25) is 5.88 Å². The van der Waals surface area contributed by atoms with E-state index in [9.17, 15) is 4.79 Å². The predicted octanol–water partition coefficient (Wildman–Crippen LogP) is 2.98. The van der Waals surface area contributed by atoms with Crippen molar-refractivity contribution >= 4 is 16.9 Å². The molecule has 2 aliphatic rings. The number of likely N-dealkylation sites (tertiary alicyclic amines) is 1. The van der Waals surface area contributed by atoms with Gasteiger partial charge in [0.05, 0.1) is 35.7 Å². The summed E-state index contributed by atoms with van der Waals surface area (Å²) in [5, 5.41) is 8.41. The van der Waals surface area contributed by atoms with Gasteiger partial charge >= 0.3 is 0 Å². The van der Waals surface area contributed by atoms with Gasteiger partial charge in [0, 0.05) is 11.7 Å². The normalized spacial score (nSPS) is 23.9. The molecule has 3 aromatic heterocycles. The SMILES string of the molecule is Cc1ccc(-n2nccn2)c(C(=O)N2[C@H](C)[C@H]3C[C@@H](Oc4cnc5ccccc5n4)[C@@H]2C3)n1. The number of hydrogen-bond donors (Lipinski definition) is 0. The summed E-state index contributed by atoms with van der Waals surface area (Å²) in [6, 6.07) is 11.5. The van der Waals surface area contributed by atoms with Crippen LogP contribution in [0, 0.1) is 12.8 Å². The standard InChI is InChI=1S/C24H23N7O2/c1-14-7-8-19(31-26-9-10-27-31)23(28-14)24(32)30-15(2)16-11-20(30)21(12-16)33-22-13-25-17-5-3-4-6-18(17)29-22/h3-10,13,15-16,20-21H,11-12H2,1-2H3/t15-,16-,20+,21-/m1/s1. The Morgan fingerprint density at radius 3 is 2.61 bits per heavy atom. The number of aryl methyl sites for hydroxylation is 1. The maximum atomic E-state index is 13.8. The second-order valence-electron chi connectivity index (χ2n) is 8.74. The van der Waals surface area contributed by atoms with Gasteiger partial charge in [0.15, 0.2) is 5.69 Å². The van der Waals surface area contributed by atoms with Crippen molar-refractivity contribution in [2.45, 2.75) is 44.9 Å². The summed E-state index contributed by atoms with van der Waals surface area (Å²) in [6.07, 6.45) is 6.49. The lowest BCUT2D eigenvalue weighted by atomic mass is 9.98. The van der Waals surface area contributed by atoms with Gasteiger partial charge in [-0.25, -0.2) is 15.0 Å². The van der Waals surface area contributed by atoms with E-state index in [4.69, 9.17) is 4.74 Å². The largest absolute Gasteiger partial charge is 0.471 e. The molecule has 4 aromatic rings. The lowest BCUT2D eigenvalue weighted by molar-refractivity contribution is 0.0309. The second-order valence-corrected chi connectivity index (χ2v) is 8.74. The molecule has 33 heavy (non-hydrogen) atoms. The average molecular weight is 441 g/mol. The molecule has 166 valence electrons.